The van der Waals surface area contributed by atoms with Crippen LogP contribution in [0.15, 0.2) is 78.9 Å². The molecule has 0 aliphatic heterocycles. The predicted molar refractivity (Wildman–Crippen MR) is 105 cm³/mol. The van der Waals surface area contributed by atoms with E-state index in [9.17, 15) is 14.7 Å². The number of aromatic carboxylic acids is 1. The molecular formula is C22H19NO5. The quantitative estimate of drug-likeness (QED) is 0.679. The van der Waals surface area contributed by atoms with E-state index >= 15 is 0 Å². The highest BCUT2D eigenvalue weighted by molar-refractivity contribution is 6.00. The van der Waals surface area contributed by atoms with E-state index in [4.69, 9.17) is 9.47 Å². The molecule has 0 unspecified atom stereocenters. The first kappa shape index (κ1) is 19.0. The summed E-state index contributed by atoms with van der Waals surface area (Å²) in [6.07, 6.45) is -0.689. The number of ether oxygens (including phenoxy) is 2. The average molecular weight is 377 g/mol. The molecule has 0 heterocycles. The van der Waals surface area contributed by atoms with Crippen molar-refractivity contribution in [2.45, 2.75) is 6.54 Å². The molecule has 28 heavy (non-hydrogen) atoms. The molecule has 0 saturated heterocycles. The van der Waals surface area contributed by atoms with Gasteiger partial charge in [-0.2, -0.15) is 0 Å². The van der Waals surface area contributed by atoms with Gasteiger partial charge in [-0.25, -0.2) is 9.59 Å². The minimum Gasteiger partial charge on any atom is -0.497 e. The van der Waals surface area contributed by atoms with Crippen molar-refractivity contribution in [2.75, 3.05) is 12.0 Å². The van der Waals surface area contributed by atoms with Gasteiger partial charge in [-0.05, 0) is 29.8 Å². The summed E-state index contributed by atoms with van der Waals surface area (Å²) in [6.45, 7) is 0.139. The summed E-state index contributed by atoms with van der Waals surface area (Å²) in [5.74, 6) is -0.348. The number of hydrogen-bond acceptors (Lipinski definition) is 4. The van der Waals surface area contributed by atoms with Crippen molar-refractivity contribution in [1.29, 1.82) is 0 Å². The fourth-order valence-corrected chi connectivity index (χ4v) is 2.70. The Kier molecular flexibility index (Phi) is 5.91. The first-order valence-corrected chi connectivity index (χ1v) is 8.58. The maximum Gasteiger partial charge on any atom is 0.420 e. The minimum absolute atomic E-state index is 0.0262. The lowest BCUT2D eigenvalue weighted by atomic mass is 10.1. The highest BCUT2D eigenvalue weighted by Crippen LogP contribution is 2.29. The predicted octanol–water partition coefficient (Wildman–Crippen LogP) is 4.60. The number of hydrogen-bond donors (Lipinski definition) is 1. The minimum atomic E-state index is -1.15. The van der Waals surface area contributed by atoms with E-state index in [0.717, 1.165) is 5.56 Å². The molecule has 0 bridgehead atoms. The molecule has 3 rings (SSSR count). The van der Waals surface area contributed by atoms with Crippen molar-refractivity contribution in [3.8, 4) is 11.5 Å². The van der Waals surface area contributed by atoms with Gasteiger partial charge in [0.2, 0.25) is 0 Å². The van der Waals surface area contributed by atoms with Gasteiger partial charge in [0.05, 0.1) is 24.9 Å². The third-order valence-corrected chi connectivity index (χ3v) is 4.08. The van der Waals surface area contributed by atoms with Gasteiger partial charge in [-0.3, -0.25) is 4.90 Å². The van der Waals surface area contributed by atoms with Crippen LogP contribution in [0.5, 0.6) is 11.5 Å². The van der Waals surface area contributed by atoms with Crippen LogP contribution in [-0.2, 0) is 6.54 Å². The highest BCUT2D eigenvalue weighted by Gasteiger charge is 2.24. The number of amides is 1. The number of benzene rings is 3. The second-order valence-electron chi connectivity index (χ2n) is 5.94. The molecule has 3 aromatic rings. The van der Waals surface area contributed by atoms with E-state index in [0.29, 0.717) is 11.5 Å². The van der Waals surface area contributed by atoms with Crippen molar-refractivity contribution < 1.29 is 24.2 Å². The van der Waals surface area contributed by atoms with Crippen LogP contribution < -0.4 is 14.4 Å². The monoisotopic (exact) mass is 377 g/mol. The highest BCUT2D eigenvalue weighted by atomic mass is 16.6. The first-order chi connectivity index (χ1) is 13.6. The van der Waals surface area contributed by atoms with Crippen LogP contribution in [0.2, 0.25) is 0 Å². The molecule has 0 saturated carbocycles. The maximum atomic E-state index is 13.0. The van der Waals surface area contributed by atoms with Gasteiger partial charge in [0, 0.05) is 6.07 Å². The van der Waals surface area contributed by atoms with Crippen molar-refractivity contribution in [2.24, 2.45) is 0 Å². The summed E-state index contributed by atoms with van der Waals surface area (Å²) in [5, 5.41) is 9.60. The Hall–Kier alpha value is -3.80. The average Bonchev–Trinajstić information content (AvgIpc) is 2.73. The van der Waals surface area contributed by atoms with Crippen LogP contribution in [0.4, 0.5) is 10.5 Å². The molecule has 6 nitrogen and oxygen atoms in total. The van der Waals surface area contributed by atoms with E-state index in [-0.39, 0.29) is 17.8 Å². The van der Waals surface area contributed by atoms with Crippen LogP contribution in [0, 0.1) is 0 Å². The molecule has 0 aromatic heterocycles. The fraction of sp³-hybridized carbons (Fsp3) is 0.0909. The molecule has 142 valence electrons. The normalized spacial score (nSPS) is 10.2. The largest absolute Gasteiger partial charge is 0.497 e. The van der Waals surface area contributed by atoms with E-state index in [1.165, 1.54) is 30.2 Å². The van der Waals surface area contributed by atoms with Crippen molar-refractivity contribution >= 4 is 17.7 Å². The third kappa shape index (κ3) is 4.48. The second-order valence-corrected chi connectivity index (χ2v) is 5.94. The number of carbonyl (C=O) groups is 2. The van der Waals surface area contributed by atoms with Crippen LogP contribution in [0.1, 0.15) is 15.9 Å². The molecule has 0 atom stereocenters. The fourth-order valence-electron chi connectivity index (χ4n) is 2.70. The van der Waals surface area contributed by atoms with Gasteiger partial charge in [0.1, 0.15) is 11.5 Å². The Morgan fingerprint density at radius 3 is 2.14 bits per heavy atom. The maximum absolute atomic E-state index is 13.0. The van der Waals surface area contributed by atoms with E-state index in [1.54, 1.807) is 24.3 Å². The summed E-state index contributed by atoms with van der Waals surface area (Å²) in [5.41, 5.74) is 0.991. The summed E-state index contributed by atoms with van der Waals surface area (Å²) < 4.78 is 10.7. The van der Waals surface area contributed by atoms with Gasteiger partial charge >= 0.3 is 12.1 Å². The molecule has 1 N–H and O–H groups in total. The van der Waals surface area contributed by atoms with Crippen molar-refractivity contribution in [1.82, 2.24) is 0 Å². The van der Waals surface area contributed by atoms with Gasteiger partial charge in [0.15, 0.2) is 0 Å². The standard InChI is InChI=1S/C22H19NO5/c1-27-18-12-13-19(21(24)25)20(14-18)23(15-16-8-4-2-5-9-16)22(26)28-17-10-6-3-7-11-17/h2-14H,15H2,1H3,(H,24,25). The number of rotatable bonds is 6. The Balaban J connectivity index is 2.03. The van der Waals surface area contributed by atoms with Crippen molar-refractivity contribution in [3.05, 3.63) is 90.0 Å². The second kappa shape index (κ2) is 8.73. The van der Waals surface area contributed by atoms with Crippen molar-refractivity contribution in [3.63, 3.8) is 0 Å². The zero-order valence-corrected chi connectivity index (χ0v) is 15.2. The number of methoxy groups -OCH3 is 1. The van der Waals surface area contributed by atoms with Crippen LogP contribution in [-0.4, -0.2) is 24.3 Å². The Morgan fingerprint density at radius 1 is 0.893 bits per heavy atom. The van der Waals surface area contributed by atoms with E-state index in [1.807, 2.05) is 36.4 Å². The molecule has 0 aliphatic rings. The zero-order chi connectivity index (χ0) is 19.9. The molecular weight excluding hydrogens is 358 g/mol. The van der Waals surface area contributed by atoms with Gasteiger partial charge in [-0.1, -0.05) is 48.5 Å². The lowest BCUT2D eigenvalue weighted by Crippen LogP contribution is -2.34. The Labute approximate surface area is 162 Å². The van der Waals surface area contributed by atoms with Gasteiger partial charge in [0.25, 0.3) is 0 Å². The Morgan fingerprint density at radius 2 is 1.54 bits per heavy atom. The van der Waals surface area contributed by atoms with E-state index in [2.05, 4.69) is 0 Å². The number of para-hydroxylation sites is 1. The number of anilines is 1. The molecule has 3 aromatic carbocycles. The first-order valence-electron chi connectivity index (χ1n) is 8.58. The molecule has 0 aliphatic carbocycles. The zero-order valence-electron chi connectivity index (χ0n) is 15.2. The Bertz CT molecular complexity index is 957. The number of carboxylic acids is 1. The molecule has 0 radical (unpaired) electrons. The lowest BCUT2D eigenvalue weighted by molar-refractivity contribution is 0.0697. The summed E-state index contributed by atoms with van der Waals surface area (Å²) >= 11 is 0. The summed E-state index contributed by atoms with van der Waals surface area (Å²) in [4.78, 5) is 26.0. The SMILES string of the molecule is COc1ccc(C(=O)O)c(N(Cc2ccccc2)C(=O)Oc2ccccc2)c1. The number of nitrogens with zero attached hydrogens (tertiary/aromatic N) is 1. The van der Waals surface area contributed by atoms with Crippen LogP contribution in [0.3, 0.4) is 0 Å². The molecule has 0 spiro atoms. The van der Waals surface area contributed by atoms with Gasteiger partial charge in [-0.15, -0.1) is 0 Å². The summed E-state index contributed by atoms with van der Waals surface area (Å²) in [6, 6.07) is 22.3. The lowest BCUT2D eigenvalue weighted by Gasteiger charge is -2.24. The molecule has 1 amide bonds. The van der Waals surface area contributed by atoms with Crippen LogP contribution >= 0.6 is 0 Å². The molecule has 6 heteroatoms. The number of carbonyl (C=O) groups excluding carboxylic acids is 1. The number of carboxylic acid groups (broad SMARTS) is 1. The third-order valence-electron chi connectivity index (χ3n) is 4.08. The van der Waals surface area contributed by atoms with Gasteiger partial charge < -0.3 is 14.6 Å². The molecule has 0 fully saturated rings. The topological polar surface area (TPSA) is 76.1 Å². The summed E-state index contributed by atoms with van der Waals surface area (Å²) in [7, 11) is 1.48. The smallest absolute Gasteiger partial charge is 0.420 e. The van der Waals surface area contributed by atoms with E-state index < -0.39 is 12.1 Å². The van der Waals surface area contributed by atoms with Crippen LogP contribution in [0.25, 0.3) is 0 Å².